The van der Waals surface area contributed by atoms with Crippen molar-refractivity contribution in [3.8, 4) is 0 Å². The van der Waals surface area contributed by atoms with E-state index in [0.29, 0.717) is 5.69 Å². The van der Waals surface area contributed by atoms with Crippen molar-refractivity contribution in [2.24, 2.45) is 5.92 Å². The van der Waals surface area contributed by atoms with Gasteiger partial charge in [0.2, 0.25) is 5.91 Å². The highest BCUT2D eigenvalue weighted by Gasteiger charge is 2.27. The Hall–Kier alpha value is -2.38. The van der Waals surface area contributed by atoms with Gasteiger partial charge in [-0.25, -0.2) is 9.97 Å². The molecule has 0 saturated carbocycles. The van der Waals surface area contributed by atoms with Crippen LogP contribution in [0.5, 0.6) is 0 Å². The van der Waals surface area contributed by atoms with E-state index in [1.54, 1.807) is 17.7 Å². The number of aromatic nitrogens is 2. The van der Waals surface area contributed by atoms with E-state index in [1.165, 1.54) is 10.4 Å². The summed E-state index contributed by atoms with van der Waals surface area (Å²) < 4.78 is 0. The Kier molecular flexibility index (Phi) is 6.29. The van der Waals surface area contributed by atoms with Crippen LogP contribution in [0.3, 0.4) is 0 Å². The predicted molar refractivity (Wildman–Crippen MR) is 123 cm³/mol. The lowest BCUT2D eigenvalue weighted by Crippen LogP contribution is -2.38. The van der Waals surface area contributed by atoms with Crippen LogP contribution in [-0.2, 0) is 4.79 Å². The number of nitrogens with one attached hydrogen (secondary N) is 1. The number of halogens is 1. The number of carbonyl (C=O) groups is 1. The van der Waals surface area contributed by atoms with Gasteiger partial charge in [-0.1, -0.05) is 6.07 Å². The minimum Gasteiger partial charge on any atom is -0.399 e. The normalized spacial score (nSPS) is 14.7. The van der Waals surface area contributed by atoms with Crippen LogP contribution in [0, 0.1) is 26.7 Å². The first kappa shape index (κ1) is 21.3. The van der Waals surface area contributed by atoms with Crippen LogP contribution in [0.25, 0.3) is 10.2 Å². The molecule has 1 fully saturated rings. The number of benzene rings is 1. The summed E-state index contributed by atoms with van der Waals surface area (Å²) >= 11 is 1.71. The Labute approximate surface area is 180 Å². The molecule has 1 aliphatic heterocycles. The Balaban J connectivity index is 0.00000240. The van der Waals surface area contributed by atoms with Gasteiger partial charge in [0.1, 0.15) is 17.0 Å². The van der Waals surface area contributed by atoms with Crippen LogP contribution < -0.4 is 16.0 Å². The van der Waals surface area contributed by atoms with Crippen molar-refractivity contribution in [1.82, 2.24) is 9.97 Å². The molecule has 6 nitrogen and oxygen atoms in total. The number of thiophene rings is 1. The maximum Gasteiger partial charge on any atom is 0.227 e. The average molecular weight is 432 g/mol. The molecule has 0 radical (unpaired) electrons. The number of nitrogen functional groups attached to an aromatic ring is 1. The van der Waals surface area contributed by atoms with E-state index in [-0.39, 0.29) is 24.2 Å². The Morgan fingerprint density at radius 1 is 1.21 bits per heavy atom. The van der Waals surface area contributed by atoms with Gasteiger partial charge in [0.05, 0.1) is 5.39 Å². The van der Waals surface area contributed by atoms with Gasteiger partial charge in [0.15, 0.2) is 0 Å². The molecule has 1 aliphatic rings. The van der Waals surface area contributed by atoms with Gasteiger partial charge in [-0.2, -0.15) is 0 Å². The third-order valence-corrected chi connectivity index (χ3v) is 6.75. The summed E-state index contributed by atoms with van der Waals surface area (Å²) in [6, 6.07) is 5.60. The highest BCUT2D eigenvalue weighted by atomic mass is 35.5. The molecule has 2 aromatic heterocycles. The van der Waals surface area contributed by atoms with E-state index in [9.17, 15) is 4.79 Å². The van der Waals surface area contributed by atoms with Crippen molar-refractivity contribution in [3.63, 3.8) is 0 Å². The zero-order valence-electron chi connectivity index (χ0n) is 16.9. The van der Waals surface area contributed by atoms with Crippen molar-refractivity contribution in [3.05, 3.63) is 40.5 Å². The standard InChI is InChI=1S/C21H25N5OS.ClH/c1-12-4-5-16(22)10-17(12)25-20(27)15-6-8-26(9-7-15)19-18-13(2)14(3)28-21(18)24-11-23-19;/h4-5,10-11,15H,6-9,22H2,1-3H3,(H,25,27);1H. The first-order chi connectivity index (χ1) is 13.4. The molecular formula is C21H26ClN5OS. The number of carbonyl (C=O) groups excluding carboxylic acids is 1. The number of amides is 1. The van der Waals surface area contributed by atoms with Crippen LogP contribution in [0.1, 0.15) is 28.8 Å². The molecule has 1 aromatic carbocycles. The summed E-state index contributed by atoms with van der Waals surface area (Å²) in [6.45, 7) is 7.86. The SMILES string of the molecule is Cc1ccc(N)cc1NC(=O)C1CCN(c2ncnc3sc(C)c(C)c23)CC1.Cl. The van der Waals surface area contributed by atoms with Crippen LogP contribution in [-0.4, -0.2) is 29.0 Å². The summed E-state index contributed by atoms with van der Waals surface area (Å²) in [7, 11) is 0. The van der Waals surface area contributed by atoms with Gasteiger partial charge in [-0.15, -0.1) is 23.7 Å². The third-order valence-electron chi connectivity index (χ3n) is 5.63. The summed E-state index contributed by atoms with van der Waals surface area (Å²) in [5.74, 6) is 1.07. The molecule has 3 heterocycles. The zero-order valence-corrected chi connectivity index (χ0v) is 18.5. The highest BCUT2D eigenvalue weighted by molar-refractivity contribution is 7.18. The number of aryl methyl sites for hydroxylation is 3. The summed E-state index contributed by atoms with van der Waals surface area (Å²) in [5.41, 5.74) is 9.59. The van der Waals surface area contributed by atoms with E-state index < -0.39 is 0 Å². The van der Waals surface area contributed by atoms with E-state index in [1.807, 2.05) is 25.1 Å². The Morgan fingerprint density at radius 3 is 2.66 bits per heavy atom. The minimum absolute atomic E-state index is 0. The summed E-state index contributed by atoms with van der Waals surface area (Å²) in [6.07, 6.45) is 3.26. The van der Waals surface area contributed by atoms with Gasteiger partial charge in [-0.05, 0) is 56.9 Å². The molecule has 8 heteroatoms. The molecule has 0 atom stereocenters. The lowest BCUT2D eigenvalue weighted by molar-refractivity contribution is -0.120. The van der Waals surface area contributed by atoms with Crippen LogP contribution in [0.15, 0.2) is 24.5 Å². The number of hydrogen-bond acceptors (Lipinski definition) is 6. The van der Waals surface area contributed by atoms with Crippen LogP contribution >= 0.6 is 23.7 Å². The van der Waals surface area contributed by atoms with Crippen LogP contribution in [0.4, 0.5) is 17.2 Å². The molecule has 0 unspecified atom stereocenters. The third kappa shape index (κ3) is 4.16. The number of fused-ring (bicyclic) bond motifs is 1. The van der Waals surface area contributed by atoms with Crippen LogP contribution in [0.2, 0.25) is 0 Å². The summed E-state index contributed by atoms with van der Waals surface area (Å²) in [4.78, 5) is 26.4. The first-order valence-corrected chi connectivity index (χ1v) is 10.4. The van der Waals surface area contributed by atoms with Gasteiger partial charge in [-0.3, -0.25) is 4.79 Å². The zero-order chi connectivity index (χ0) is 19.8. The molecule has 3 N–H and O–H groups in total. The monoisotopic (exact) mass is 431 g/mol. The number of nitrogens with two attached hydrogens (primary N) is 1. The van der Waals surface area contributed by atoms with Gasteiger partial charge in [0, 0.05) is 35.3 Å². The van der Waals surface area contributed by atoms with Gasteiger partial charge < -0.3 is 16.0 Å². The fourth-order valence-corrected chi connectivity index (χ4v) is 4.76. The van der Waals surface area contributed by atoms with Crippen molar-refractivity contribution in [1.29, 1.82) is 0 Å². The molecule has 154 valence electrons. The van der Waals surface area contributed by atoms with E-state index in [2.05, 4.69) is 34.0 Å². The quantitative estimate of drug-likeness (QED) is 0.597. The number of nitrogens with zero attached hydrogens (tertiary/aromatic N) is 3. The molecule has 3 aromatic rings. The average Bonchev–Trinajstić information content (AvgIpc) is 2.99. The predicted octanol–water partition coefficient (Wildman–Crippen LogP) is 4.48. The largest absolute Gasteiger partial charge is 0.399 e. The molecule has 0 bridgehead atoms. The highest BCUT2D eigenvalue weighted by Crippen LogP contribution is 2.35. The maximum absolute atomic E-state index is 12.7. The van der Waals surface area contributed by atoms with Crippen molar-refractivity contribution >= 4 is 57.1 Å². The summed E-state index contributed by atoms with van der Waals surface area (Å²) in [5, 5.41) is 4.21. The van der Waals surface area contributed by atoms with Gasteiger partial charge >= 0.3 is 0 Å². The Morgan fingerprint density at radius 2 is 1.93 bits per heavy atom. The fraction of sp³-hybridized carbons (Fsp3) is 0.381. The molecule has 1 amide bonds. The molecule has 1 saturated heterocycles. The van der Waals surface area contributed by atoms with E-state index in [0.717, 1.165) is 53.2 Å². The lowest BCUT2D eigenvalue weighted by atomic mass is 9.95. The topological polar surface area (TPSA) is 84.1 Å². The lowest BCUT2D eigenvalue weighted by Gasteiger charge is -2.32. The second-order valence-electron chi connectivity index (χ2n) is 7.49. The molecule has 29 heavy (non-hydrogen) atoms. The molecular weight excluding hydrogens is 406 g/mol. The van der Waals surface area contributed by atoms with Gasteiger partial charge in [0.25, 0.3) is 0 Å². The smallest absolute Gasteiger partial charge is 0.227 e. The number of hydrogen-bond donors (Lipinski definition) is 2. The van der Waals surface area contributed by atoms with Crippen molar-refractivity contribution in [2.75, 3.05) is 29.0 Å². The molecule has 4 rings (SSSR count). The molecule has 0 spiro atoms. The number of rotatable bonds is 3. The fourth-order valence-electron chi connectivity index (χ4n) is 3.77. The Bertz CT molecular complexity index is 1040. The van der Waals surface area contributed by atoms with Crippen molar-refractivity contribution < 1.29 is 4.79 Å². The van der Waals surface area contributed by atoms with Crippen molar-refractivity contribution in [2.45, 2.75) is 33.6 Å². The maximum atomic E-state index is 12.7. The van der Waals surface area contributed by atoms with E-state index in [4.69, 9.17) is 5.73 Å². The second-order valence-corrected chi connectivity index (χ2v) is 8.69. The number of anilines is 3. The minimum atomic E-state index is -0.000263. The number of piperidine rings is 1. The molecule has 0 aliphatic carbocycles. The first-order valence-electron chi connectivity index (χ1n) is 9.56. The van der Waals surface area contributed by atoms with E-state index >= 15 is 0 Å². The second kappa shape index (κ2) is 8.55.